The Bertz CT molecular complexity index is 2880. The Kier molecular flexibility index (Phi) is 7.26. The second-order valence-electron chi connectivity index (χ2n) is 11.9. The van der Waals surface area contributed by atoms with Crippen molar-refractivity contribution >= 4 is 49.9 Å². The van der Waals surface area contributed by atoms with E-state index in [2.05, 4.69) is 6.58 Å². The van der Waals surface area contributed by atoms with Crippen molar-refractivity contribution in [2.45, 2.75) is 12.8 Å². The quantitative estimate of drug-likeness (QED) is 0.0883. The molecule has 7 aromatic rings. The molecule has 52 heavy (non-hydrogen) atoms. The van der Waals surface area contributed by atoms with E-state index in [4.69, 9.17) is 13.7 Å². The average Bonchev–Trinajstić information content (AvgIpc) is 3.31. The summed E-state index contributed by atoms with van der Waals surface area (Å²) in [5.41, 5.74) is 5.58. The van der Waals surface area contributed by atoms with Gasteiger partial charge in [0.15, 0.2) is 0 Å². The van der Waals surface area contributed by atoms with Crippen molar-refractivity contribution in [1.29, 1.82) is 0 Å². The van der Waals surface area contributed by atoms with Crippen LogP contribution in [0.3, 0.4) is 0 Å². The van der Waals surface area contributed by atoms with Gasteiger partial charge in [-0.1, -0.05) is 153 Å². The van der Waals surface area contributed by atoms with Crippen molar-refractivity contribution in [3.63, 3.8) is 0 Å². The minimum absolute atomic E-state index is 0.0452. The molecule has 0 aliphatic rings. The van der Waals surface area contributed by atoms with Gasteiger partial charge < -0.3 is 9.80 Å². The van der Waals surface area contributed by atoms with E-state index in [1.165, 1.54) is 0 Å². The highest BCUT2D eigenvalue weighted by Gasteiger charge is 2.15. The molecule has 2 unspecified atom stereocenters. The van der Waals surface area contributed by atoms with E-state index < -0.39 is 30.9 Å². The molecular weight excluding hydrogens is 629 g/mol. The lowest BCUT2D eigenvalue weighted by Crippen LogP contribution is -2.14. The van der Waals surface area contributed by atoms with E-state index in [1.807, 2.05) is 140 Å². The second kappa shape index (κ2) is 15.9. The molecule has 7 aromatic carbocycles. The smallest absolute Gasteiger partial charge is 0.0645 e. The SMILES string of the molecule is [2H]C=C([2H])C([2H])C([2H])C(=C[2H])N(/C=C/C=C(\C=C)c1cccc(-c2ccc(N(c3c([2H])c([2H])c([2H])c([2H])c3[2H])c3cccc4ccccc34)cc2)c1)c1cccc2ccccc12. The Hall–Kier alpha value is -6.64. The third kappa shape index (κ3) is 7.28. The van der Waals surface area contributed by atoms with Crippen LogP contribution in [0.1, 0.15) is 32.1 Å². The van der Waals surface area contributed by atoms with Gasteiger partial charge in [0, 0.05) is 36.8 Å². The van der Waals surface area contributed by atoms with Crippen LogP contribution in [0, 0.1) is 0 Å². The minimum atomic E-state index is -1.37. The predicted molar refractivity (Wildman–Crippen MR) is 226 cm³/mol. The van der Waals surface area contributed by atoms with E-state index in [9.17, 15) is 0 Å². The van der Waals surface area contributed by atoms with Crippen molar-refractivity contribution in [2.24, 2.45) is 0 Å². The zero-order valence-corrected chi connectivity index (χ0v) is 28.4. The van der Waals surface area contributed by atoms with Crippen LogP contribution >= 0.6 is 0 Å². The lowest BCUT2D eigenvalue weighted by atomic mass is 9.98. The molecule has 2 nitrogen and oxygen atoms in total. The molecule has 0 amide bonds. The number of allylic oxidation sites excluding steroid dienone is 6. The molecule has 0 N–H and O–H groups in total. The van der Waals surface area contributed by atoms with Crippen molar-refractivity contribution in [2.75, 3.05) is 9.80 Å². The molecule has 0 radical (unpaired) electrons. The molecule has 252 valence electrons. The van der Waals surface area contributed by atoms with Crippen LogP contribution in [0.5, 0.6) is 0 Å². The number of rotatable bonds is 13. The maximum atomic E-state index is 8.89. The van der Waals surface area contributed by atoms with Gasteiger partial charge in [0.25, 0.3) is 0 Å². The maximum absolute atomic E-state index is 8.89. The summed E-state index contributed by atoms with van der Waals surface area (Å²) in [7, 11) is 0. The Labute approximate surface area is 322 Å². The standard InChI is InChI=1S/C50H42N2/c1-4-6-18-38(3)51(49-30-15-21-41-19-10-12-28-47(41)49)36-17-25-39(5-2)43-23-14-24-44(37-43)40-32-34-46(35-33-40)52(45-26-8-7-9-27-45)50-31-16-22-42-20-11-13-29-48(42)50/h4-5,7-17,19-37H,1-3,6,18H2/b36-17+,39-25+/i1D,3D,4D,6D,7D,8D,9D,18D,26D,27D/b4-1?,36-17+,38-3?,39-25+. The van der Waals surface area contributed by atoms with Crippen LogP contribution < -0.4 is 9.80 Å². The summed E-state index contributed by atoms with van der Waals surface area (Å²) < 4.78 is 84.2. The van der Waals surface area contributed by atoms with E-state index in [-0.39, 0.29) is 29.5 Å². The molecule has 2 heteroatoms. The third-order valence-electron chi connectivity index (χ3n) is 8.76. The number of hydrogen-bond acceptors (Lipinski definition) is 2. The van der Waals surface area contributed by atoms with Gasteiger partial charge in [-0.3, -0.25) is 0 Å². The predicted octanol–water partition coefficient (Wildman–Crippen LogP) is 14.2. The van der Waals surface area contributed by atoms with Crippen LogP contribution in [0.25, 0.3) is 38.2 Å². The summed E-state index contributed by atoms with van der Waals surface area (Å²) in [6, 6.07) is 40.3. The number of anilines is 4. The first-order chi connectivity index (χ1) is 30.0. The first-order valence-corrected chi connectivity index (χ1v) is 16.8. The Morgan fingerprint density at radius 2 is 1.38 bits per heavy atom. The molecule has 0 fully saturated rings. The molecule has 0 bridgehead atoms. The van der Waals surface area contributed by atoms with E-state index >= 15 is 0 Å². The van der Waals surface area contributed by atoms with Gasteiger partial charge in [-0.05, 0) is 94.3 Å². The van der Waals surface area contributed by atoms with Crippen molar-refractivity contribution < 1.29 is 13.7 Å². The van der Waals surface area contributed by atoms with Crippen molar-refractivity contribution in [1.82, 2.24) is 0 Å². The van der Waals surface area contributed by atoms with Gasteiger partial charge >= 0.3 is 0 Å². The topological polar surface area (TPSA) is 6.48 Å². The first kappa shape index (κ1) is 23.7. The van der Waals surface area contributed by atoms with Gasteiger partial charge in [0.1, 0.15) is 0 Å². The highest BCUT2D eigenvalue weighted by atomic mass is 15.1. The van der Waals surface area contributed by atoms with Gasteiger partial charge in [-0.2, -0.15) is 0 Å². The number of para-hydroxylation sites is 1. The molecule has 7 rings (SSSR count). The molecule has 0 aliphatic carbocycles. The van der Waals surface area contributed by atoms with E-state index in [0.29, 0.717) is 17.1 Å². The summed E-state index contributed by atoms with van der Waals surface area (Å²) in [5, 5.41) is 3.61. The number of benzene rings is 7. The summed E-state index contributed by atoms with van der Waals surface area (Å²) in [6.45, 7) is 5.86. The van der Waals surface area contributed by atoms with Gasteiger partial charge in [-0.15, -0.1) is 6.55 Å². The summed E-state index contributed by atoms with van der Waals surface area (Å²) in [5.74, 6) is 0. The third-order valence-corrected chi connectivity index (χ3v) is 8.76. The van der Waals surface area contributed by atoms with Crippen LogP contribution in [0.2, 0.25) is 0 Å². The van der Waals surface area contributed by atoms with Crippen LogP contribution in [-0.4, -0.2) is 0 Å². The molecule has 2 atom stereocenters. The normalized spacial score (nSPS) is 16.3. The van der Waals surface area contributed by atoms with Crippen LogP contribution in [-0.2, 0) is 0 Å². The minimum Gasteiger partial charge on any atom is -0.321 e. The Morgan fingerprint density at radius 3 is 2.10 bits per heavy atom. The van der Waals surface area contributed by atoms with Crippen LogP contribution in [0.4, 0.5) is 22.7 Å². The van der Waals surface area contributed by atoms with E-state index in [1.54, 1.807) is 28.2 Å². The van der Waals surface area contributed by atoms with Crippen molar-refractivity contribution in [3.8, 4) is 11.1 Å². The summed E-state index contributed by atoms with van der Waals surface area (Å²) in [6.07, 6.45) is 4.42. The molecule has 0 saturated carbocycles. The zero-order valence-electron chi connectivity index (χ0n) is 38.4. The van der Waals surface area contributed by atoms with E-state index in [0.717, 1.165) is 56.9 Å². The molecule has 0 aliphatic heterocycles. The lowest BCUT2D eigenvalue weighted by Gasteiger charge is -2.27. The average molecular weight is 681 g/mol. The lowest BCUT2D eigenvalue weighted by molar-refractivity contribution is 0.938. The Morgan fingerprint density at radius 1 is 0.712 bits per heavy atom. The van der Waals surface area contributed by atoms with Gasteiger partial charge in [0.2, 0.25) is 0 Å². The molecule has 0 saturated heterocycles. The Balaban J connectivity index is 1.25. The van der Waals surface area contributed by atoms with Gasteiger partial charge in [0.05, 0.1) is 22.3 Å². The van der Waals surface area contributed by atoms with Gasteiger partial charge in [-0.25, -0.2) is 0 Å². The summed E-state index contributed by atoms with van der Waals surface area (Å²) in [4.78, 5) is 3.41. The molecule has 0 heterocycles. The monoisotopic (exact) mass is 680 g/mol. The number of nitrogens with zero attached hydrogens (tertiary/aromatic N) is 2. The maximum Gasteiger partial charge on any atom is 0.0645 e. The fourth-order valence-electron chi connectivity index (χ4n) is 6.28. The number of hydrogen-bond donors (Lipinski definition) is 0. The highest BCUT2D eigenvalue weighted by molar-refractivity contribution is 5.99. The van der Waals surface area contributed by atoms with Crippen molar-refractivity contribution in [3.05, 3.63) is 225 Å². The largest absolute Gasteiger partial charge is 0.321 e. The molecule has 0 spiro atoms. The second-order valence-corrected chi connectivity index (χ2v) is 11.9. The fraction of sp³-hybridized carbons (Fsp3) is 0.0400. The highest BCUT2D eigenvalue weighted by Crippen LogP contribution is 2.39. The first-order valence-electron chi connectivity index (χ1n) is 22.1. The molecule has 0 aromatic heterocycles. The summed E-state index contributed by atoms with van der Waals surface area (Å²) >= 11 is 0. The zero-order chi connectivity index (χ0) is 44.1. The fourth-order valence-corrected chi connectivity index (χ4v) is 6.28. The molecular formula is C50H42N2. The van der Waals surface area contributed by atoms with Crippen LogP contribution in [0.15, 0.2) is 220 Å². The number of fused-ring (bicyclic) bond motifs is 2.